The van der Waals surface area contributed by atoms with E-state index in [4.69, 9.17) is 11.6 Å². The molecule has 8 nitrogen and oxygen atoms in total. The van der Waals surface area contributed by atoms with E-state index in [2.05, 4.69) is 39.1 Å². The minimum atomic E-state index is -1.07. The third kappa shape index (κ3) is 7.18. The number of aliphatic hydroxyl groups is 1. The molecule has 0 spiro atoms. The van der Waals surface area contributed by atoms with Gasteiger partial charge in [0.2, 0.25) is 0 Å². The van der Waals surface area contributed by atoms with Gasteiger partial charge in [-0.15, -0.1) is 5.10 Å². The van der Waals surface area contributed by atoms with Gasteiger partial charge < -0.3 is 15.7 Å². The topological polar surface area (TPSA) is 105 Å². The zero-order valence-corrected chi connectivity index (χ0v) is 21.4. The third-order valence-electron chi connectivity index (χ3n) is 6.05. The van der Waals surface area contributed by atoms with Gasteiger partial charge in [0.05, 0.1) is 28.4 Å². The standard InChI is InChI=1S/C27H27ClF2N6O2/c1-2-17-4-3-5-18(8-17)14-31-15-26(37)25(11-19-9-20(29)12-21(30)10-19)33-27(38)23-7-6-22(13-24(23)28)36-16-32-34-35-36/h3-10,12-13,16,25-26,31,37H,2,11,14-15H2,1H3,(H,33,38). The molecule has 1 amide bonds. The summed E-state index contributed by atoms with van der Waals surface area (Å²) in [6.07, 6.45) is 1.23. The number of carbonyl (C=O) groups is 1. The highest BCUT2D eigenvalue weighted by Gasteiger charge is 2.24. The van der Waals surface area contributed by atoms with Crippen LogP contribution in [-0.2, 0) is 19.4 Å². The lowest BCUT2D eigenvalue weighted by Gasteiger charge is -2.25. The van der Waals surface area contributed by atoms with Crippen molar-refractivity contribution in [2.24, 2.45) is 0 Å². The molecule has 4 aromatic rings. The maximum absolute atomic E-state index is 13.8. The number of amides is 1. The van der Waals surface area contributed by atoms with Gasteiger partial charge in [0.1, 0.15) is 18.0 Å². The minimum Gasteiger partial charge on any atom is -0.390 e. The highest BCUT2D eigenvalue weighted by atomic mass is 35.5. The first-order valence-corrected chi connectivity index (χ1v) is 12.5. The quantitative estimate of drug-likeness (QED) is 0.268. The number of hydrogen-bond acceptors (Lipinski definition) is 6. The van der Waals surface area contributed by atoms with Crippen LogP contribution in [0.1, 0.15) is 34.0 Å². The second-order valence-electron chi connectivity index (χ2n) is 8.85. The minimum absolute atomic E-state index is 0.00504. The smallest absolute Gasteiger partial charge is 0.253 e. The second kappa shape index (κ2) is 12.7. The van der Waals surface area contributed by atoms with Crippen molar-refractivity contribution in [3.63, 3.8) is 0 Å². The largest absolute Gasteiger partial charge is 0.390 e. The Hall–Kier alpha value is -3.73. The molecule has 2 atom stereocenters. The van der Waals surface area contributed by atoms with Crippen LogP contribution in [0.25, 0.3) is 5.69 Å². The van der Waals surface area contributed by atoms with Gasteiger partial charge in [-0.2, -0.15) is 0 Å². The summed E-state index contributed by atoms with van der Waals surface area (Å²) in [6.45, 7) is 2.71. The molecular formula is C27H27ClF2N6O2. The molecule has 0 radical (unpaired) electrons. The highest BCUT2D eigenvalue weighted by Crippen LogP contribution is 2.21. The number of halogens is 3. The van der Waals surface area contributed by atoms with E-state index in [0.717, 1.165) is 18.1 Å². The van der Waals surface area contributed by atoms with E-state index < -0.39 is 29.7 Å². The highest BCUT2D eigenvalue weighted by molar-refractivity contribution is 6.34. The molecule has 11 heteroatoms. The van der Waals surface area contributed by atoms with Crippen molar-refractivity contribution in [1.82, 2.24) is 30.8 Å². The fourth-order valence-electron chi connectivity index (χ4n) is 4.09. The maximum atomic E-state index is 13.8. The summed E-state index contributed by atoms with van der Waals surface area (Å²) < 4.78 is 29.1. The van der Waals surface area contributed by atoms with E-state index in [0.29, 0.717) is 17.8 Å². The summed E-state index contributed by atoms with van der Waals surface area (Å²) in [5.41, 5.74) is 3.27. The average molecular weight is 541 g/mol. The van der Waals surface area contributed by atoms with Gasteiger partial charge in [0.25, 0.3) is 5.91 Å². The van der Waals surface area contributed by atoms with E-state index in [1.54, 1.807) is 6.07 Å². The van der Waals surface area contributed by atoms with Gasteiger partial charge in [-0.05, 0) is 70.3 Å². The Morgan fingerprint density at radius 2 is 1.82 bits per heavy atom. The van der Waals surface area contributed by atoms with Gasteiger partial charge in [-0.3, -0.25) is 4.79 Å². The molecular weight excluding hydrogens is 514 g/mol. The van der Waals surface area contributed by atoms with Crippen molar-refractivity contribution in [2.75, 3.05) is 6.54 Å². The summed E-state index contributed by atoms with van der Waals surface area (Å²) in [7, 11) is 0. The van der Waals surface area contributed by atoms with Crippen molar-refractivity contribution in [3.8, 4) is 5.69 Å². The first kappa shape index (κ1) is 27.3. The average Bonchev–Trinajstić information content (AvgIpc) is 3.43. The van der Waals surface area contributed by atoms with Crippen molar-refractivity contribution < 1.29 is 18.7 Å². The first-order chi connectivity index (χ1) is 18.3. The van der Waals surface area contributed by atoms with Crippen molar-refractivity contribution in [3.05, 3.63) is 106 Å². The Labute approximate surface area is 223 Å². The number of aryl methyl sites for hydroxylation is 1. The lowest BCUT2D eigenvalue weighted by molar-refractivity contribution is 0.0830. The third-order valence-corrected chi connectivity index (χ3v) is 6.36. The number of rotatable bonds is 11. The number of nitrogens with one attached hydrogen (secondary N) is 2. The van der Waals surface area contributed by atoms with Crippen LogP contribution in [0.4, 0.5) is 8.78 Å². The Bertz CT molecular complexity index is 1370. The fourth-order valence-corrected chi connectivity index (χ4v) is 4.35. The van der Waals surface area contributed by atoms with Crippen LogP contribution in [0, 0.1) is 11.6 Å². The Morgan fingerprint density at radius 1 is 1.05 bits per heavy atom. The molecule has 4 rings (SSSR count). The Morgan fingerprint density at radius 3 is 2.50 bits per heavy atom. The Balaban J connectivity index is 1.48. The van der Waals surface area contributed by atoms with Crippen LogP contribution in [0.2, 0.25) is 5.02 Å². The van der Waals surface area contributed by atoms with E-state index in [1.165, 1.54) is 40.8 Å². The molecule has 1 aromatic heterocycles. The van der Waals surface area contributed by atoms with Crippen molar-refractivity contribution >= 4 is 17.5 Å². The van der Waals surface area contributed by atoms with Crippen molar-refractivity contribution in [1.29, 1.82) is 0 Å². The molecule has 198 valence electrons. The predicted octanol–water partition coefficient (Wildman–Crippen LogP) is 3.65. The van der Waals surface area contributed by atoms with E-state index in [9.17, 15) is 18.7 Å². The van der Waals surface area contributed by atoms with Gasteiger partial charge in [0, 0.05) is 19.2 Å². The summed E-state index contributed by atoms with van der Waals surface area (Å²) in [5, 5.41) is 28.0. The lowest BCUT2D eigenvalue weighted by atomic mass is 10.00. The van der Waals surface area contributed by atoms with E-state index in [1.807, 2.05) is 18.2 Å². The first-order valence-electron chi connectivity index (χ1n) is 12.1. The predicted molar refractivity (Wildman–Crippen MR) is 139 cm³/mol. The molecule has 0 saturated carbocycles. The molecule has 1 heterocycles. The SMILES string of the molecule is CCc1cccc(CNCC(O)C(Cc2cc(F)cc(F)c2)NC(=O)c2ccc(-n3cnnn3)cc2Cl)c1. The van der Waals surface area contributed by atoms with Crippen LogP contribution < -0.4 is 10.6 Å². The summed E-state index contributed by atoms with van der Waals surface area (Å²) >= 11 is 6.37. The van der Waals surface area contributed by atoms with Crippen LogP contribution in [0.15, 0.2) is 67.0 Å². The van der Waals surface area contributed by atoms with Crippen LogP contribution in [0.3, 0.4) is 0 Å². The number of aliphatic hydroxyl groups excluding tert-OH is 1. The Kier molecular flexibility index (Phi) is 9.11. The second-order valence-corrected chi connectivity index (χ2v) is 9.26. The van der Waals surface area contributed by atoms with Gasteiger partial charge in [0.15, 0.2) is 0 Å². The monoisotopic (exact) mass is 540 g/mol. The van der Waals surface area contributed by atoms with Crippen LogP contribution in [-0.4, -0.2) is 49.9 Å². The number of aromatic nitrogens is 4. The van der Waals surface area contributed by atoms with Crippen molar-refractivity contribution in [2.45, 2.75) is 38.5 Å². The van der Waals surface area contributed by atoms with E-state index >= 15 is 0 Å². The molecule has 0 aliphatic rings. The number of tetrazole rings is 1. The molecule has 0 aliphatic carbocycles. The molecule has 0 saturated heterocycles. The molecule has 0 fully saturated rings. The molecule has 0 aliphatic heterocycles. The fraction of sp³-hybridized carbons (Fsp3) is 0.259. The zero-order chi connectivity index (χ0) is 27.1. The van der Waals surface area contributed by atoms with Gasteiger partial charge in [-0.1, -0.05) is 42.8 Å². The zero-order valence-electron chi connectivity index (χ0n) is 20.6. The summed E-state index contributed by atoms with van der Waals surface area (Å²) in [4.78, 5) is 13.1. The molecule has 38 heavy (non-hydrogen) atoms. The number of hydrogen-bond donors (Lipinski definition) is 3. The molecule has 2 unspecified atom stereocenters. The number of nitrogens with zero attached hydrogens (tertiary/aromatic N) is 4. The van der Waals surface area contributed by atoms with Crippen LogP contribution >= 0.6 is 11.6 Å². The normalized spacial score (nSPS) is 12.8. The number of carbonyl (C=O) groups excluding carboxylic acids is 1. The molecule has 3 aromatic carbocycles. The van der Waals surface area contributed by atoms with Gasteiger partial charge >= 0.3 is 0 Å². The van der Waals surface area contributed by atoms with E-state index in [-0.39, 0.29) is 23.6 Å². The summed E-state index contributed by atoms with van der Waals surface area (Å²) in [6, 6.07) is 15.0. The summed E-state index contributed by atoms with van der Waals surface area (Å²) in [5.74, 6) is -2.03. The maximum Gasteiger partial charge on any atom is 0.253 e. The number of benzene rings is 3. The molecule has 0 bridgehead atoms. The van der Waals surface area contributed by atoms with Crippen LogP contribution in [0.5, 0.6) is 0 Å². The van der Waals surface area contributed by atoms with Gasteiger partial charge in [-0.25, -0.2) is 13.5 Å². The molecule has 3 N–H and O–H groups in total. The lowest BCUT2D eigenvalue weighted by Crippen LogP contribution is -2.48.